The fourth-order valence-electron chi connectivity index (χ4n) is 2.67. The number of methoxy groups -OCH3 is 1. The van der Waals surface area contributed by atoms with Gasteiger partial charge in [0.15, 0.2) is 6.10 Å². The molecule has 0 aliphatic heterocycles. The van der Waals surface area contributed by atoms with Gasteiger partial charge in [0.2, 0.25) is 0 Å². The van der Waals surface area contributed by atoms with E-state index in [4.69, 9.17) is 9.47 Å². The minimum Gasteiger partial charge on any atom is -0.494 e. The normalized spacial score (nSPS) is 11.6. The fraction of sp³-hybridized carbons (Fsp3) is 0.150. The highest BCUT2D eigenvalue weighted by molar-refractivity contribution is 5.96. The van der Waals surface area contributed by atoms with Crippen LogP contribution in [0.25, 0.3) is 10.8 Å². The number of nitrogens with one attached hydrogen (secondary N) is 1. The molecule has 0 unspecified atom stereocenters. The SMILES string of the molecule is COc1cc([N+](=O)[O-])ccc1NC(=O)[C@H](C)Oc1cccc2ccccc12. The van der Waals surface area contributed by atoms with Crippen LogP contribution in [0.2, 0.25) is 0 Å². The Morgan fingerprint density at radius 2 is 1.81 bits per heavy atom. The number of non-ortho nitro benzene ring substituents is 1. The summed E-state index contributed by atoms with van der Waals surface area (Å²) >= 11 is 0. The Morgan fingerprint density at radius 1 is 1.07 bits per heavy atom. The van der Waals surface area contributed by atoms with Gasteiger partial charge in [0.25, 0.3) is 11.6 Å². The fourth-order valence-corrected chi connectivity index (χ4v) is 2.67. The first-order valence-electron chi connectivity index (χ1n) is 8.27. The average molecular weight is 366 g/mol. The molecule has 7 heteroatoms. The van der Waals surface area contributed by atoms with Crippen molar-refractivity contribution in [2.24, 2.45) is 0 Å². The molecule has 0 saturated heterocycles. The molecule has 0 aliphatic rings. The summed E-state index contributed by atoms with van der Waals surface area (Å²) in [6.07, 6.45) is -0.782. The standard InChI is InChI=1S/C20H18N2O5/c1-13(27-18-9-5-7-14-6-3-4-8-16(14)18)20(23)21-17-11-10-15(22(24)25)12-19(17)26-2/h3-13H,1-2H3,(H,21,23)/t13-/m0/s1. The van der Waals surface area contributed by atoms with Gasteiger partial charge in [-0.3, -0.25) is 14.9 Å². The van der Waals surface area contributed by atoms with Gasteiger partial charge in [-0.2, -0.15) is 0 Å². The Bertz CT molecular complexity index is 997. The lowest BCUT2D eigenvalue weighted by molar-refractivity contribution is -0.384. The molecule has 1 amide bonds. The van der Waals surface area contributed by atoms with Crippen molar-refractivity contribution in [3.8, 4) is 11.5 Å². The van der Waals surface area contributed by atoms with Crippen LogP contribution in [0.1, 0.15) is 6.92 Å². The van der Waals surface area contributed by atoms with Crippen LogP contribution >= 0.6 is 0 Å². The Hall–Kier alpha value is -3.61. The van der Waals surface area contributed by atoms with Crippen molar-refractivity contribution in [3.05, 3.63) is 70.8 Å². The van der Waals surface area contributed by atoms with Crippen molar-refractivity contribution >= 4 is 28.1 Å². The maximum atomic E-state index is 12.5. The summed E-state index contributed by atoms with van der Waals surface area (Å²) in [5, 5.41) is 15.5. The van der Waals surface area contributed by atoms with E-state index < -0.39 is 16.9 Å². The predicted molar refractivity (Wildman–Crippen MR) is 102 cm³/mol. The van der Waals surface area contributed by atoms with E-state index in [-0.39, 0.29) is 11.4 Å². The highest BCUT2D eigenvalue weighted by atomic mass is 16.6. The molecule has 138 valence electrons. The topological polar surface area (TPSA) is 90.7 Å². The number of fused-ring (bicyclic) bond motifs is 1. The van der Waals surface area contributed by atoms with Crippen molar-refractivity contribution in [2.75, 3.05) is 12.4 Å². The molecule has 0 radical (unpaired) electrons. The highest BCUT2D eigenvalue weighted by Gasteiger charge is 2.19. The first-order valence-corrected chi connectivity index (χ1v) is 8.27. The van der Waals surface area contributed by atoms with Crippen LogP contribution in [0.5, 0.6) is 11.5 Å². The molecule has 0 fully saturated rings. The van der Waals surface area contributed by atoms with Gasteiger partial charge < -0.3 is 14.8 Å². The van der Waals surface area contributed by atoms with E-state index in [1.807, 2.05) is 36.4 Å². The lowest BCUT2D eigenvalue weighted by Gasteiger charge is -2.17. The van der Waals surface area contributed by atoms with Crippen LogP contribution in [0.3, 0.4) is 0 Å². The predicted octanol–water partition coefficient (Wildman–Crippen LogP) is 4.16. The Balaban J connectivity index is 1.77. The van der Waals surface area contributed by atoms with Gasteiger partial charge in [-0.25, -0.2) is 0 Å². The second kappa shape index (κ2) is 7.74. The van der Waals surface area contributed by atoms with Crippen LogP contribution in [0.4, 0.5) is 11.4 Å². The van der Waals surface area contributed by atoms with Crippen LogP contribution in [-0.4, -0.2) is 24.0 Å². The van der Waals surface area contributed by atoms with Gasteiger partial charge in [-0.15, -0.1) is 0 Å². The molecule has 3 aromatic rings. The number of amides is 1. The third-order valence-corrected chi connectivity index (χ3v) is 4.08. The van der Waals surface area contributed by atoms with E-state index in [0.717, 1.165) is 10.8 Å². The third kappa shape index (κ3) is 3.98. The summed E-state index contributed by atoms with van der Waals surface area (Å²) in [5.41, 5.74) is 0.214. The van der Waals surface area contributed by atoms with Gasteiger partial charge in [0.05, 0.1) is 23.8 Å². The smallest absolute Gasteiger partial charge is 0.273 e. The number of hydrogen-bond donors (Lipinski definition) is 1. The van der Waals surface area contributed by atoms with E-state index in [1.54, 1.807) is 13.0 Å². The first-order chi connectivity index (χ1) is 13.0. The number of anilines is 1. The van der Waals surface area contributed by atoms with Crippen molar-refractivity contribution in [1.29, 1.82) is 0 Å². The van der Waals surface area contributed by atoms with Gasteiger partial charge in [0.1, 0.15) is 11.5 Å². The molecular formula is C20H18N2O5. The van der Waals surface area contributed by atoms with Crippen molar-refractivity contribution in [2.45, 2.75) is 13.0 Å². The van der Waals surface area contributed by atoms with E-state index in [2.05, 4.69) is 5.32 Å². The Kier molecular flexibility index (Phi) is 5.21. The zero-order chi connectivity index (χ0) is 19.4. The van der Waals surface area contributed by atoms with Gasteiger partial charge in [-0.1, -0.05) is 36.4 Å². The molecule has 0 heterocycles. The van der Waals surface area contributed by atoms with Crippen molar-refractivity contribution < 1.29 is 19.2 Å². The summed E-state index contributed by atoms with van der Waals surface area (Å²) in [4.78, 5) is 22.9. The largest absolute Gasteiger partial charge is 0.494 e. The minimum atomic E-state index is -0.782. The lowest BCUT2D eigenvalue weighted by atomic mass is 10.1. The monoisotopic (exact) mass is 366 g/mol. The molecule has 0 aromatic heterocycles. The lowest BCUT2D eigenvalue weighted by Crippen LogP contribution is -2.30. The number of rotatable bonds is 6. The van der Waals surface area contributed by atoms with Crippen LogP contribution < -0.4 is 14.8 Å². The summed E-state index contributed by atoms with van der Waals surface area (Å²) < 4.78 is 11.0. The van der Waals surface area contributed by atoms with Crippen LogP contribution in [-0.2, 0) is 4.79 Å². The number of carbonyl (C=O) groups excluding carboxylic acids is 1. The number of nitro groups is 1. The Labute approximate surface area is 155 Å². The molecule has 0 bridgehead atoms. The van der Waals surface area contributed by atoms with E-state index in [9.17, 15) is 14.9 Å². The van der Waals surface area contributed by atoms with Gasteiger partial charge in [0, 0.05) is 11.5 Å². The van der Waals surface area contributed by atoms with E-state index in [1.165, 1.54) is 25.3 Å². The average Bonchev–Trinajstić information content (AvgIpc) is 2.68. The second-order valence-corrected chi connectivity index (χ2v) is 5.87. The maximum absolute atomic E-state index is 12.5. The number of nitro benzene ring substituents is 1. The van der Waals surface area contributed by atoms with E-state index in [0.29, 0.717) is 11.4 Å². The number of carbonyl (C=O) groups is 1. The zero-order valence-corrected chi connectivity index (χ0v) is 14.8. The zero-order valence-electron chi connectivity index (χ0n) is 14.8. The maximum Gasteiger partial charge on any atom is 0.273 e. The van der Waals surface area contributed by atoms with Crippen LogP contribution in [0, 0.1) is 10.1 Å². The molecule has 1 atom stereocenters. The minimum absolute atomic E-state index is 0.120. The van der Waals surface area contributed by atoms with Crippen molar-refractivity contribution in [1.82, 2.24) is 0 Å². The van der Waals surface area contributed by atoms with E-state index >= 15 is 0 Å². The molecule has 27 heavy (non-hydrogen) atoms. The number of nitrogens with zero attached hydrogens (tertiary/aromatic N) is 1. The third-order valence-electron chi connectivity index (χ3n) is 4.08. The number of hydrogen-bond acceptors (Lipinski definition) is 5. The summed E-state index contributed by atoms with van der Waals surface area (Å²) in [5.74, 6) is 0.413. The molecule has 1 N–H and O–H groups in total. The first kappa shape index (κ1) is 18.2. The molecule has 3 aromatic carbocycles. The molecule has 3 rings (SSSR count). The van der Waals surface area contributed by atoms with Crippen molar-refractivity contribution in [3.63, 3.8) is 0 Å². The number of ether oxygens (including phenoxy) is 2. The summed E-state index contributed by atoms with van der Waals surface area (Å²) in [6, 6.07) is 17.3. The molecule has 0 spiro atoms. The summed E-state index contributed by atoms with van der Waals surface area (Å²) in [7, 11) is 1.38. The quantitative estimate of drug-likeness (QED) is 0.522. The summed E-state index contributed by atoms with van der Waals surface area (Å²) in [6.45, 7) is 1.63. The van der Waals surface area contributed by atoms with Crippen LogP contribution in [0.15, 0.2) is 60.7 Å². The number of benzene rings is 3. The van der Waals surface area contributed by atoms with Gasteiger partial charge in [-0.05, 0) is 24.4 Å². The molecule has 0 aliphatic carbocycles. The Morgan fingerprint density at radius 3 is 2.56 bits per heavy atom. The molecule has 7 nitrogen and oxygen atoms in total. The molecular weight excluding hydrogens is 348 g/mol. The van der Waals surface area contributed by atoms with Gasteiger partial charge >= 0.3 is 0 Å². The molecule has 0 saturated carbocycles. The highest BCUT2D eigenvalue weighted by Crippen LogP contribution is 2.30. The second-order valence-electron chi connectivity index (χ2n) is 5.87.